The number of rotatable bonds is 5. The van der Waals surface area contributed by atoms with Gasteiger partial charge in [-0.15, -0.1) is 0 Å². The predicted molar refractivity (Wildman–Crippen MR) is 114 cm³/mol. The first kappa shape index (κ1) is 22.7. The molecule has 0 aliphatic carbocycles. The Morgan fingerprint density at radius 1 is 1.23 bits per heavy atom. The number of benzene rings is 2. The first-order chi connectivity index (χ1) is 14.1. The first-order valence-corrected chi connectivity index (χ1v) is 11.4. The van der Waals surface area contributed by atoms with Crippen molar-refractivity contribution in [2.24, 2.45) is 5.92 Å². The van der Waals surface area contributed by atoms with Crippen LogP contribution in [-0.4, -0.2) is 68.7 Å². The molecule has 0 fully saturated rings. The highest BCUT2D eigenvalue weighted by Gasteiger charge is 2.37. The second-order valence-electron chi connectivity index (χ2n) is 8.17. The highest BCUT2D eigenvalue weighted by atomic mass is 32.2. The molecular formula is C22H29FN2O4S. The van der Waals surface area contributed by atoms with Crippen molar-refractivity contribution in [2.45, 2.75) is 30.9 Å². The molecule has 3 atom stereocenters. The maximum absolute atomic E-state index is 13.7. The molecule has 0 radical (unpaired) electrons. The van der Waals surface area contributed by atoms with E-state index in [9.17, 15) is 17.9 Å². The van der Waals surface area contributed by atoms with E-state index in [0.717, 1.165) is 0 Å². The van der Waals surface area contributed by atoms with E-state index in [1.807, 2.05) is 25.9 Å². The van der Waals surface area contributed by atoms with E-state index in [1.54, 1.807) is 31.2 Å². The molecule has 2 aromatic rings. The molecule has 0 unspecified atom stereocenters. The van der Waals surface area contributed by atoms with E-state index in [-0.39, 0.29) is 41.6 Å². The van der Waals surface area contributed by atoms with Gasteiger partial charge in [-0.25, -0.2) is 12.8 Å². The lowest BCUT2D eigenvalue weighted by atomic mass is 10.0. The van der Waals surface area contributed by atoms with Crippen LogP contribution in [0.1, 0.15) is 13.8 Å². The smallest absolute Gasteiger partial charge is 0.247 e. The third-order valence-electron chi connectivity index (χ3n) is 5.37. The summed E-state index contributed by atoms with van der Waals surface area (Å²) in [5.41, 5.74) is 1.31. The van der Waals surface area contributed by atoms with Gasteiger partial charge in [-0.1, -0.05) is 25.1 Å². The van der Waals surface area contributed by atoms with Crippen LogP contribution >= 0.6 is 0 Å². The Bertz CT molecular complexity index is 996. The summed E-state index contributed by atoms with van der Waals surface area (Å²) in [4.78, 5) is 2.05. The monoisotopic (exact) mass is 436 g/mol. The number of sulfonamides is 1. The van der Waals surface area contributed by atoms with Crippen LogP contribution < -0.4 is 4.74 Å². The van der Waals surface area contributed by atoms with Gasteiger partial charge in [0.15, 0.2) is 0 Å². The van der Waals surface area contributed by atoms with Gasteiger partial charge in [0.1, 0.15) is 22.6 Å². The molecule has 1 N–H and O–H groups in total. The third-order valence-corrected chi connectivity index (χ3v) is 7.39. The summed E-state index contributed by atoms with van der Waals surface area (Å²) in [5, 5.41) is 9.66. The maximum Gasteiger partial charge on any atom is 0.247 e. The number of fused-ring (bicyclic) bond motifs is 1. The third kappa shape index (κ3) is 4.67. The lowest BCUT2D eigenvalue weighted by Crippen LogP contribution is -2.49. The van der Waals surface area contributed by atoms with E-state index in [0.29, 0.717) is 17.7 Å². The average Bonchev–Trinajstić information content (AvgIpc) is 2.69. The van der Waals surface area contributed by atoms with Crippen LogP contribution in [0.4, 0.5) is 4.39 Å². The van der Waals surface area contributed by atoms with Crippen LogP contribution in [0.3, 0.4) is 0 Å². The molecule has 0 aromatic heterocycles. The summed E-state index contributed by atoms with van der Waals surface area (Å²) in [6, 6.07) is 10.4. The van der Waals surface area contributed by atoms with Crippen LogP contribution in [0.15, 0.2) is 47.4 Å². The quantitative estimate of drug-likeness (QED) is 0.781. The largest absolute Gasteiger partial charge is 0.487 e. The SMILES string of the molecule is C[C@@H]1CN([C@@H](C)CO)S(=O)(=O)c2ccc(-c3cccc(F)c3)cc2O[C@@H]1CN(C)C. The zero-order valence-corrected chi connectivity index (χ0v) is 18.6. The van der Waals surface area contributed by atoms with E-state index >= 15 is 0 Å². The lowest BCUT2D eigenvalue weighted by Gasteiger charge is -2.37. The number of nitrogens with zero attached hydrogens (tertiary/aromatic N) is 2. The van der Waals surface area contributed by atoms with Crippen molar-refractivity contribution in [1.82, 2.24) is 9.21 Å². The highest BCUT2D eigenvalue weighted by Crippen LogP contribution is 2.36. The molecule has 8 heteroatoms. The molecule has 0 spiro atoms. The number of aliphatic hydroxyl groups excluding tert-OH is 1. The minimum Gasteiger partial charge on any atom is -0.487 e. The molecule has 6 nitrogen and oxygen atoms in total. The lowest BCUT2D eigenvalue weighted by molar-refractivity contribution is 0.0813. The molecule has 3 rings (SSSR count). The van der Waals surface area contributed by atoms with Crippen molar-refractivity contribution in [1.29, 1.82) is 0 Å². The van der Waals surface area contributed by atoms with Crippen LogP contribution in [0, 0.1) is 11.7 Å². The number of aliphatic hydroxyl groups is 1. The Kier molecular flexibility index (Phi) is 6.81. The first-order valence-electron chi connectivity index (χ1n) is 9.97. The highest BCUT2D eigenvalue weighted by molar-refractivity contribution is 7.89. The maximum atomic E-state index is 13.7. The van der Waals surface area contributed by atoms with Gasteiger partial charge in [-0.3, -0.25) is 0 Å². The van der Waals surface area contributed by atoms with Crippen molar-refractivity contribution in [3.8, 4) is 16.9 Å². The number of hydrogen-bond acceptors (Lipinski definition) is 5. The number of ether oxygens (including phenoxy) is 1. The second-order valence-corrected chi connectivity index (χ2v) is 10.0. The number of halogens is 1. The van der Waals surface area contributed by atoms with Gasteiger partial charge < -0.3 is 14.7 Å². The second kappa shape index (κ2) is 9.01. The fourth-order valence-electron chi connectivity index (χ4n) is 3.65. The van der Waals surface area contributed by atoms with Gasteiger partial charge in [0.25, 0.3) is 0 Å². The van der Waals surface area contributed by atoms with E-state index < -0.39 is 16.1 Å². The Morgan fingerprint density at radius 3 is 2.57 bits per heavy atom. The summed E-state index contributed by atoms with van der Waals surface area (Å²) in [7, 11) is -0.0166. The normalized spacial score (nSPS) is 22.6. The van der Waals surface area contributed by atoms with Gasteiger partial charge in [0, 0.05) is 25.0 Å². The van der Waals surface area contributed by atoms with Crippen LogP contribution in [0.5, 0.6) is 5.75 Å². The molecule has 1 aliphatic rings. The summed E-state index contributed by atoms with van der Waals surface area (Å²) in [6.07, 6.45) is -0.259. The van der Waals surface area contributed by atoms with Crippen molar-refractivity contribution in [3.05, 3.63) is 48.3 Å². The van der Waals surface area contributed by atoms with Gasteiger partial charge in [-0.05, 0) is 56.4 Å². The van der Waals surface area contributed by atoms with Gasteiger partial charge in [0.2, 0.25) is 10.0 Å². The Balaban J connectivity index is 2.15. The molecule has 1 heterocycles. The molecule has 1 aliphatic heterocycles. The summed E-state index contributed by atoms with van der Waals surface area (Å²) in [5.74, 6) is -0.234. The number of likely N-dealkylation sites (N-methyl/N-ethyl adjacent to an activating group) is 1. The molecule has 0 saturated carbocycles. The average molecular weight is 437 g/mol. The van der Waals surface area contributed by atoms with Crippen LogP contribution in [0.25, 0.3) is 11.1 Å². The van der Waals surface area contributed by atoms with Gasteiger partial charge in [-0.2, -0.15) is 4.31 Å². The van der Waals surface area contributed by atoms with Crippen molar-refractivity contribution in [3.63, 3.8) is 0 Å². The molecule has 2 aromatic carbocycles. The minimum absolute atomic E-state index is 0.0543. The van der Waals surface area contributed by atoms with Crippen LogP contribution in [0.2, 0.25) is 0 Å². The Labute approximate surface area is 177 Å². The summed E-state index contributed by atoms with van der Waals surface area (Å²) in [6.45, 7) is 4.21. The molecule has 164 valence electrons. The van der Waals surface area contributed by atoms with E-state index in [2.05, 4.69) is 0 Å². The fourth-order valence-corrected chi connectivity index (χ4v) is 5.48. The molecular weight excluding hydrogens is 407 g/mol. The standard InChI is InChI=1S/C22H29FN2O4S/c1-15-12-25(16(2)14-26)30(27,28)22-9-8-18(17-6-5-7-19(23)10-17)11-20(22)29-21(15)13-24(3)4/h5-11,15-16,21,26H,12-14H2,1-4H3/t15-,16+,21-/m1/s1. The molecule has 0 amide bonds. The van der Waals surface area contributed by atoms with Crippen molar-refractivity contribution < 1.29 is 22.7 Å². The van der Waals surface area contributed by atoms with E-state index in [4.69, 9.17) is 4.74 Å². The van der Waals surface area contributed by atoms with Crippen LogP contribution in [-0.2, 0) is 10.0 Å². The zero-order chi connectivity index (χ0) is 22.1. The molecule has 0 saturated heterocycles. The topological polar surface area (TPSA) is 70.1 Å². The Morgan fingerprint density at radius 2 is 1.93 bits per heavy atom. The minimum atomic E-state index is -3.89. The van der Waals surface area contributed by atoms with E-state index in [1.165, 1.54) is 22.5 Å². The zero-order valence-electron chi connectivity index (χ0n) is 17.7. The predicted octanol–water partition coefficient (Wildman–Crippen LogP) is 2.82. The Hall–Kier alpha value is -2.00. The fraction of sp³-hybridized carbons (Fsp3) is 0.455. The molecule has 0 bridgehead atoms. The summed E-state index contributed by atoms with van der Waals surface area (Å²) < 4.78 is 48.1. The summed E-state index contributed by atoms with van der Waals surface area (Å²) >= 11 is 0. The van der Waals surface area contributed by atoms with Crippen molar-refractivity contribution in [2.75, 3.05) is 33.8 Å². The van der Waals surface area contributed by atoms with Gasteiger partial charge in [0.05, 0.1) is 6.61 Å². The van der Waals surface area contributed by atoms with Crippen molar-refractivity contribution >= 4 is 10.0 Å². The molecule has 30 heavy (non-hydrogen) atoms. The van der Waals surface area contributed by atoms with Gasteiger partial charge >= 0.3 is 0 Å². The number of hydrogen-bond donors (Lipinski definition) is 1.